The van der Waals surface area contributed by atoms with Crippen molar-refractivity contribution in [3.63, 3.8) is 0 Å². The second-order valence-corrected chi connectivity index (χ2v) is 0. The summed E-state index contributed by atoms with van der Waals surface area (Å²) in [5.74, 6) is 0. The van der Waals surface area contributed by atoms with Crippen molar-refractivity contribution in [2.75, 3.05) is 0 Å². The van der Waals surface area contributed by atoms with Gasteiger partial charge in [-0.05, 0) is 0 Å². The van der Waals surface area contributed by atoms with E-state index in [1.165, 1.54) is 0 Å². The summed E-state index contributed by atoms with van der Waals surface area (Å²) < 4.78 is 0. The van der Waals surface area contributed by atoms with Crippen LogP contribution >= 0.6 is 0 Å². The van der Waals surface area contributed by atoms with Crippen LogP contribution in [0.2, 0.25) is 0 Å². The molecule has 0 aromatic carbocycles. The Hall–Kier alpha value is 4.05. The molecule has 0 unspecified atom stereocenters. The van der Waals surface area contributed by atoms with Crippen molar-refractivity contribution in [1.82, 2.24) is 0 Å². The first kappa shape index (κ1) is 515. The minimum atomic E-state index is 0. The summed E-state index contributed by atoms with van der Waals surface area (Å²) in [6.45, 7) is 0. The average molecular weight is 907 g/mol. The van der Waals surface area contributed by atoms with Gasteiger partial charge in [-0.3, -0.25) is 0 Å². The Morgan fingerprint density at radius 3 is 0.235 bits per heavy atom. The van der Waals surface area contributed by atoms with E-state index < -0.39 is 0 Å². The predicted octanol–water partition coefficient (Wildman–Crippen LogP) is -2.83. The molecule has 0 spiro atoms. The molecule has 17 heavy (non-hydrogen) atoms. The molecule has 0 amide bonds. The van der Waals surface area contributed by atoms with Gasteiger partial charge >= 0.3 is 136 Å². The number of rotatable bonds is 0. The molecule has 0 heterocycles. The van der Waals surface area contributed by atoms with E-state index in [2.05, 4.69) is 0 Å². The molecule has 11 nitrogen and oxygen atoms in total. The third-order valence-corrected chi connectivity index (χ3v) is 0. The van der Waals surface area contributed by atoms with Gasteiger partial charge in [-0.15, -0.1) is 0 Å². The van der Waals surface area contributed by atoms with E-state index in [4.69, 9.17) is 0 Å². The van der Waals surface area contributed by atoms with Crippen LogP contribution in [-0.4, -0.2) is 91.3 Å². The second kappa shape index (κ2) is 443. The van der Waals surface area contributed by atoms with Gasteiger partial charge in [0.05, 0.1) is 0 Å². The number of hydrogen-bond donors (Lipinski definition) is 0. The zero-order chi connectivity index (χ0) is 0. The molecular weight excluding hydrogens is 907 g/mol. The van der Waals surface area contributed by atoms with Gasteiger partial charge in [0, 0.05) is 0 Å². The Labute approximate surface area is 193 Å². The summed E-state index contributed by atoms with van der Waals surface area (Å²) in [4.78, 5) is 0. The largest absolute Gasteiger partial charge is 5.00 e. The van der Waals surface area contributed by atoms with Gasteiger partial charge in [0.15, 0.2) is 0 Å². The van der Waals surface area contributed by atoms with Crippen LogP contribution < -0.4 is 0 Å². The molecule has 0 aliphatic heterocycles. The van der Waals surface area contributed by atoms with E-state index in [9.17, 15) is 0 Å². The topological polar surface area (TPSA) is 314 Å². The quantitative estimate of drug-likeness (QED) is 0.222. The second-order valence-electron chi connectivity index (χ2n) is 0. The summed E-state index contributed by atoms with van der Waals surface area (Å²) in [5, 5.41) is 0. The van der Waals surface area contributed by atoms with E-state index in [-0.39, 0.29) is 196 Å². The van der Waals surface area contributed by atoms with Crippen LogP contribution in [0.1, 0.15) is 0 Å². The van der Waals surface area contributed by atoms with E-state index >= 15 is 0 Å². The molecule has 0 atom stereocenters. The fourth-order valence-electron chi connectivity index (χ4n) is 0. The standard InChI is InChI=1S/2Ga.2In.11O.2Ta/q4*+3;11*-2;2*+5. The van der Waals surface area contributed by atoms with Gasteiger partial charge in [-0.25, -0.2) is 0 Å². The zero-order valence-electron chi connectivity index (χ0n) is 7.69. The van der Waals surface area contributed by atoms with Crippen molar-refractivity contribution in [2.24, 2.45) is 0 Å². The van der Waals surface area contributed by atoms with Crippen LogP contribution in [0.15, 0.2) is 0 Å². The summed E-state index contributed by atoms with van der Waals surface area (Å²) in [5.41, 5.74) is 0. The predicted molar refractivity (Wildman–Crippen MR) is 30.6 cm³/mol. The normalized spacial score (nSPS) is 0. The van der Waals surface area contributed by atoms with Gasteiger partial charge in [0.25, 0.3) is 0 Å². The minimum absolute atomic E-state index is 0. The summed E-state index contributed by atoms with van der Waals surface area (Å²) in [6, 6.07) is 0. The van der Waals surface area contributed by atoms with Crippen LogP contribution in [0.5, 0.6) is 0 Å². The molecule has 0 aromatic heterocycles. The molecule has 0 aliphatic carbocycles. The molecule has 0 N–H and O–H groups in total. The summed E-state index contributed by atoms with van der Waals surface area (Å²) >= 11 is 0. The van der Waals surface area contributed by atoms with Crippen LogP contribution in [0, 0.1) is 0 Å². The van der Waals surface area contributed by atoms with Gasteiger partial charge in [-0.2, -0.15) is 0 Å². The molecule has 0 bridgehead atoms. The third-order valence-electron chi connectivity index (χ3n) is 0. The van der Waals surface area contributed by atoms with E-state index in [1.807, 2.05) is 0 Å². The molecule has 0 aromatic rings. The van der Waals surface area contributed by atoms with E-state index in [1.54, 1.807) is 0 Å². The van der Waals surface area contributed by atoms with Crippen molar-refractivity contribution < 1.29 is 105 Å². The van der Waals surface area contributed by atoms with Crippen molar-refractivity contribution >= 4 is 91.3 Å². The Morgan fingerprint density at radius 1 is 0.235 bits per heavy atom. The van der Waals surface area contributed by atoms with Gasteiger partial charge < -0.3 is 60.2 Å². The van der Waals surface area contributed by atoms with E-state index in [0.29, 0.717) is 0 Å². The monoisotopic (exact) mass is 905 g/mol. The fraction of sp³-hybridized carbons (Fsp3) is 0. The van der Waals surface area contributed by atoms with Crippen molar-refractivity contribution in [2.45, 2.75) is 0 Å². The number of hydrogen-bond acceptors (Lipinski definition) is 0. The first-order valence-corrected chi connectivity index (χ1v) is 0. The molecule has 0 radical (unpaired) electrons. The maximum Gasteiger partial charge on any atom is 5.00 e. The van der Waals surface area contributed by atoms with Crippen molar-refractivity contribution in [3.05, 3.63) is 0 Å². The van der Waals surface area contributed by atoms with Crippen LogP contribution in [0.25, 0.3) is 0 Å². The van der Waals surface area contributed by atoms with Gasteiger partial charge in [0.1, 0.15) is 0 Å². The summed E-state index contributed by atoms with van der Waals surface area (Å²) in [7, 11) is 0. The van der Waals surface area contributed by atoms with Crippen LogP contribution in [0.3, 0.4) is 0 Å². The smallest absolute Gasteiger partial charge is 2.00 e. The molecular formula is Ga2In2O11Ta2. The average Bonchev–Trinajstić information content (AvgIpc) is 0. The molecule has 0 saturated carbocycles. The van der Waals surface area contributed by atoms with Crippen molar-refractivity contribution in [3.8, 4) is 0 Å². The maximum absolute atomic E-state index is 0. The molecule has 0 fully saturated rings. The first-order chi connectivity index (χ1) is 0. The molecule has 0 rings (SSSR count). The Kier molecular flexibility index (Phi) is 13400. The van der Waals surface area contributed by atoms with Gasteiger partial charge in [0.2, 0.25) is 0 Å². The van der Waals surface area contributed by atoms with E-state index in [0.717, 1.165) is 0 Å². The Balaban J connectivity index is 0. The molecule has 0 saturated heterocycles. The summed E-state index contributed by atoms with van der Waals surface area (Å²) in [6.07, 6.45) is 0. The molecule has 0 aliphatic rings. The fourth-order valence-corrected chi connectivity index (χ4v) is 0. The Bertz CT molecular complexity index is 25.4. The molecule has 17 heteroatoms. The third kappa shape index (κ3) is 398. The van der Waals surface area contributed by atoms with Crippen LogP contribution in [0.4, 0.5) is 0 Å². The Morgan fingerprint density at radius 2 is 0.235 bits per heavy atom. The molecule has 88 valence electrons. The first-order valence-electron chi connectivity index (χ1n) is 0. The SMILES string of the molecule is [Ga+3].[Ga+3].[In+3].[In+3].[O-2].[O-2].[O-2].[O-2].[O-2].[O-2].[O-2].[O-2].[O-2].[O-2].[O-2].[Ta+5].[Ta+5]. The maximum atomic E-state index is 0. The van der Waals surface area contributed by atoms with Crippen molar-refractivity contribution in [1.29, 1.82) is 0 Å². The zero-order valence-corrected chi connectivity index (χ0v) is 25.6. The van der Waals surface area contributed by atoms with Crippen LogP contribution in [-0.2, 0) is 105 Å². The van der Waals surface area contributed by atoms with Gasteiger partial charge in [-0.1, -0.05) is 0 Å². The minimum Gasteiger partial charge on any atom is -2.00 e.